The molecule has 5 heterocycles. The number of imide groups is 1. The molecule has 220 valence electrons. The Morgan fingerprint density at radius 1 is 1.12 bits per heavy atom. The molecule has 0 aromatic carbocycles. The third kappa shape index (κ3) is 4.50. The van der Waals surface area contributed by atoms with Crippen LogP contribution in [0.3, 0.4) is 0 Å². The van der Waals surface area contributed by atoms with Gasteiger partial charge in [-0.3, -0.25) is 24.3 Å². The lowest BCUT2D eigenvalue weighted by molar-refractivity contribution is -0.141. The average Bonchev–Trinajstić information content (AvgIpc) is 3.41. The summed E-state index contributed by atoms with van der Waals surface area (Å²) in [7, 11) is 1.49. The largest absolute Gasteiger partial charge is 0.340 e. The number of amides is 4. The van der Waals surface area contributed by atoms with Gasteiger partial charge in [0.15, 0.2) is 23.8 Å². The predicted octanol–water partition coefficient (Wildman–Crippen LogP) is 0.874. The van der Waals surface area contributed by atoms with Crippen molar-refractivity contribution >= 4 is 41.7 Å². The van der Waals surface area contributed by atoms with Gasteiger partial charge in [-0.1, -0.05) is 6.92 Å². The molecule has 16 heteroatoms. The fourth-order valence-corrected chi connectivity index (χ4v) is 5.57. The minimum atomic E-state index is -2.59. The number of likely N-dealkylation sites (N-methyl/N-ethyl adjacent to an activating group) is 1. The topological polar surface area (TPSA) is 157 Å². The van der Waals surface area contributed by atoms with E-state index in [4.69, 9.17) is 0 Å². The first kappa shape index (κ1) is 27.5. The second kappa shape index (κ2) is 10.0. The number of carbonyl (C=O) groups excluding carboxylic acids is 4. The lowest BCUT2D eigenvalue weighted by atomic mass is 10.1. The van der Waals surface area contributed by atoms with Crippen LogP contribution in [0.1, 0.15) is 20.3 Å². The third-order valence-electron chi connectivity index (χ3n) is 8.26. The number of Topliss-reactive ketones (excluding diaryl/α,β-unsaturated/α-hetero) is 1. The third-order valence-corrected chi connectivity index (χ3v) is 8.26. The van der Waals surface area contributed by atoms with E-state index in [1.165, 1.54) is 48.0 Å². The van der Waals surface area contributed by atoms with E-state index < -0.39 is 53.9 Å². The molecule has 6 rings (SSSR count). The van der Waals surface area contributed by atoms with E-state index in [9.17, 15) is 28.0 Å². The van der Waals surface area contributed by atoms with Crippen LogP contribution >= 0.6 is 0 Å². The molecule has 4 aliphatic rings. The standard InChI is InChI=1S/C26H28F2N10O4/c1-4-15(39)9-37-23(41)20-21(35(3)25(37)42)32-12-38(20)13(2)22(40)34-19-8-29-7-18(33-19)14-5-30-24(31-6-14)36-10-16-17(11-36)26(16,27)28/h5-8,12-13,16-17,20-21H,4,9-11H2,1-3H3,(H,33,34,40)/t13-,16?,17?,20?,21?/m0/s1. The molecule has 42 heavy (non-hydrogen) atoms. The summed E-state index contributed by atoms with van der Waals surface area (Å²) in [6.45, 7) is 3.31. The highest BCUT2D eigenvalue weighted by molar-refractivity contribution is 6.05. The average molecular weight is 583 g/mol. The van der Waals surface area contributed by atoms with Gasteiger partial charge in [0, 0.05) is 44.5 Å². The zero-order chi connectivity index (χ0) is 29.9. The highest BCUT2D eigenvalue weighted by atomic mass is 19.3. The number of anilines is 2. The number of hydrogen-bond acceptors (Lipinski definition) is 11. The van der Waals surface area contributed by atoms with E-state index in [0.29, 0.717) is 17.2 Å². The zero-order valence-electron chi connectivity index (χ0n) is 23.0. The maximum absolute atomic E-state index is 13.5. The van der Waals surface area contributed by atoms with Gasteiger partial charge in [0.1, 0.15) is 6.04 Å². The molecule has 1 saturated carbocycles. The molecule has 3 aliphatic heterocycles. The Labute approximate surface area is 238 Å². The number of hydrogen-bond donors (Lipinski definition) is 1. The molecule has 0 radical (unpaired) electrons. The summed E-state index contributed by atoms with van der Waals surface area (Å²) in [5, 5.41) is 2.69. The van der Waals surface area contributed by atoms with Crippen LogP contribution in [0.2, 0.25) is 0 Å². The highest BCUT2D eigenvalue weighted by Crippen LogP contribution is 2.59. The van der Waals surface area contributed by atoms with Gasteiger partial charge in [-0.05, 0) is 6.92 Å². The number of ketones is 1. The number of carbonyl (C=O) groups is 4. The monoisotopic (exact) mass is 582 g/mol. The van der Waals surface area contributed by atoms with Crippen LogP contribution in [0.15, 0.2) is 29.8 Å². The summed E-state index contributed by atoms with van der Waals surface area (Å²) in [4.78, 5) is 78.0. The smallest absolute Gasteiger partial charge is 0.328 e. The number of fused-ring (bicyclic) bond motifs is 2. The Hall–Kier alpha value is -4.63. The first-order valence-corrected chi connectivity index (χ1v) is 13.5. The van der Waals surface area contributed by atoms with Crippen molar-refractivity contribution in [2.75, 3.05) is 36.9 Å². The summed E-state index contributed by atoms with van der Waals surface area (Å²) < 4.78 is 27.0. The fourth-order valence-electron chi connectivity index (χ4n) is 5.57. The number of aliphatic imine (C=N–C) groups is 1. The van der Waals surface area contributed by atoms with E-state index >= 15 is 0 Å². The van der Waals surface area contributed by atoms with Crippen molar-refractivity contribution in [3.05, 3.63) is 24.8 Å². The number of halogens is 2. The van der Waals surface area contributed by atoms with Crippen LogP contribution in [0.5, 0.6) is 0 Å². The van der Waals surface area contributed by atoms with Crippen molar-refractivity contribution in [2.45, 2.75) is 44.4 Å². The summed E-state index contributed by atoms with van der Waals surface area (Å²) >= 11 is 0. The zero-order valence-corrected chi connectivity index (χ0v) is 23.0. The number of aromatic nitrogens is 4. The summed E-state index contributed by atoms with van der Waals surface area (Å²) in [5.74, 6) is -4.75. The predicted molar refractivity (Wildman–Crippen MR) is 143 cm³/mol. The molecule has 5 atom stereocenters. The molecule has 2 aromatic heterocycles. The van der Waals surface area contributed by atoms with Crippen LogP contribution in [0.4, 0.5) is 25.3 Å². The highest BCUT2D eigenvalue weighted by Gasteiger charge is 2.72. The molecule has 0 bridgehead atoms. The van der Waals surface area contributed by atoms with Crippen molar-refractivity contribution in [3.8, 4) is 11.3 Å². The van der Waals surface area contributed by atoms with E-state index in [2.05, 4.69) is 30.2 Å². The van der Waals surface area contributed by atoms with E-state index in [1.807, 2.05) is 0 Å². The van der Waals surface area contributed by atoms with Crippen LogP contribution in [0, 0.1) is 11.8 Å². The van der Waals surface area contributed by atoms with Crippen molar-refractivity contribution in [1.29, 1.82) is 0 Å². The summed E-state index contributed by atoms with van der Waals surface area (Å²) in [5.41, 5.74) is 0.895. The Bertz CT molecular complexity index is 1470. The molecule has 2 aromatic rings. The normalized spacial score (nSPS) is 26.3. The second-order valence-electron chi connectivity index (χ2n) is 10.8. The number of urea groups is 1. The maximum atomic E-state index is 13.5. The SMILES string of the molecule is CCC(=O)CN1C(=O)C2C(N=CN2[C@@H](C)C(=O)Nc2cncc(-c3cnc(N4CC5C(C4)C5(F)F)nc3)n2)N(C)C1=O. The lowest BCUT2D eigenvalue weighted by Gasteiger charge is -2.42. The molecular formula is C26H28F2N10O4. The summed E-state index contributed by atoms with van der Waals surface area (Å²) in [6, 6.07) is -2.49. The fraction of sp³-hybridized carbons (Fsp3) is 0.500. The Morgan fingerprint density at radius 2 is 1.81 bits per heavy atom. The number of alkyl halides is 2. The van der Waals surface area contributed by atoms with Gasteiger partial charge < -0.3 is 20.0 Å². The molecule has 4 unspecified atom stereocenters. The van der Waals surface area contributed by atoms with Gasteiger partial charge in [-0.15, -0.1) is 0 Å². The molecule has 0 spiro atoms. The first-order valence-electron chi connectivity index (χ1n) is 13.5. The minimum absolute atomic E-state index is 0.139. The van der Waals surface area contributed by atoms with E-state index in [1.54, 1.807) is 18.7 Å². The molecular weight excluding hydrogens is 554 g/mol. The van der Waals surface area contributed by atoms with E-state index in [-0.39, 0.29) is 37.7 Å². The number of rotatable bonds is 8. The molecule has 4 amide bonds. The molecule has 14 nitrogen and oxygen atoms in total. The van der Waals surface area contributed by atoms with Crippen LogP contribution in [0.25, 0.3) is 11.3 Å². The van der Waals surface area contributed by atoms with Crippen molar-refractivity contribution in [3.63, 3.8) is 0 Å². The Balaban J connectivity index is 1.12. The number of piperidine rings is 1. The van der Waals surface area contributed by atoms with Crippen molar-refractivity contribution in [2.24, 2.45) is 16.8 Å². The Morgan fingerprint density at radius 3 is 2.48 bits per heavy atom. The van der Waals surface area contributed by atoms with Gasteiger partial charge in [-0.25, -0.2) is 33.5 Å². The number of nitrogens with zero attached hydrogens (tertiary/aromatic N) is 9. The lowest BCUT2D eigenvalue weighted by Crippen LogP contribution is -2.66. The number of nitrogens with one attached hydrogen (secondary N) is 1. The maximum Gasteiger partial charge on any atom is 0.328 e. The molecule has 2 saturated heterocycles. The van der Waals surface area contributed by atoms with E-state index in [0.717, 1.165) is 4.90 Å². The van der Waals surface area contributed by atoms with Gasteiger partial charge in [0.25, 0.3) is 11.8 Å². The van der Waals surface area contributed by atoms with Crippen LogP contribution in [-0.2, 0) is 14.4 Å². The van der Waals surface area contributed by atoms with Crippen molar-refractivity contribution < 1.29 is 28.0 Å². The first-order chi connectivity index (χ1) is 20.0. The quantitative estimate of drug-likeness (QED) is 0.474. The molecule has 1 N–H and O–H groups in total. The van der Waals surface area contributed by atoms with Gasteiger partial charge in [-0.2, -0.15) is 0 Å². The molecule has 1 aliphatic carbocycles. The van der Waals surface area contributed by atoms with Crippen LogP contribution < -0.4 is 10.2 Å². The van der Waals surface area contributed by atoms with Crippen molar-refractivity contribution in [1.82, 2.24) is 34.6 Å². The van der Waals surface area contributed by atoms with Crippen LogP contribution in [-0.4, -0.2) is 115 Å². The molecule has 3 fully saturated rings. The van der Waals surface area contributed by atoms with Gasteiger partial charge >= 0.3 is 6.03 Å². The Kier molecular flexibility index (Phi) is 6.57. The van der Waals surface area contributed by atoms with Gasteiger partial charge in [0.2, 0.25) is 11.9 Å². The second-order valence-corrected chi connectivity index (χ2v) is 10.8. The minimum Gasteiger partial charge on any atom is -0.340 e. The van der Waals surface area contributed by atoms with Gasteiger partial charge in [0.05, 0.1) is 42.8 Å². The summed E-state index contributed by atoms with van der Waals surface area (Å²) in [6.07, 6.45) is 6.57.